The zero-order valence-corrected chi connectivity index (χ0v) is 11.7. The standard InChI is InChI=1S/C10H10BrClF3N3O/c11-7-2-1-5(3-8(7)12)17-4-6(9(16)18-19)10(13,14)15/h1-3,6,17,19H,4H2,(H2,16,18). The molecule has 0 fully saturated rings. The van der Waals surface area contributed by atoms with Crippen LogP contribution in [-0.2, 0) is 0 Å². The van der Waals surface area contributed by atoms with Crippen molar-refractivity contribution in [2.45, 2.75) is 6.18 Å². The van der Waals surface area contributed by atoms with Gasteiger partial charge in [0.25, 0.3) is 0 Å². The van der Waals surface area contributed by atoms with Crippen LogP contribution in [0.2, 0.25) is 5.02 Å². The van der Waals surface area contributed by atoms with Gasteiger partial charge >= 0.3 is 6.18 Å². The van der Waals surface area contributed by atoms with Crippen molar-refractivity contribution in [3.63, 3.8) is 0 Å². The highest BCUT2D eigenvalue weighted by molar-refractivity contribution is 9.10. The molecular formula is C10H10BrClF3N3O. The molecule has 0 saturated heterocycles. The van der Waals surface area contributed by atoms with Gasteiger partial charge in [0.15, 0.2) is 5.84 Å². The van der Waals surface area contributed by atoms with Crippen molar-refractivity contribution in [1.82, 2.24) is 0 Å². The Kier molecular flexibility index (Phi) is 5.30. The Morgan fingerprint density at radius 2 is 2.16 bits per heavy atom. The Morgan fingerprint density at radius 3 is 2.63 bits per heavy atom. The van der Waals surface area contributed by atoms with Crippen molar-refractivity contribution in [3.8, 4) is 0 Å². The summed E-state index contributed by atoms with van der Waals surface area (Å²) >= 11 is 8.98. The molecule has 0 amide bonds. The van der Waals surface area contributed by atoms with Crippen LogP contribution in [0.5, 0.6) is 0 Å². The van der Waals surface area contributed by atoms with Gasteiger partial charge in [0.05, 0.1) is 5.02 Å². The Bertz CT molecular complexity index is 482. The molecule has 0 aliphatic rings. The minimum absolute atomic E-state index is 0.359. The number of benzene rings is 1. The quantitative estimate of drug-likeness (QED) is 0.333. The zero-order valence-electron chi connectivity index (χ0n) is 9.38. The number of hydrogen-bond acceptors (Lipinski definition) is 3. The normalized spacial score (nSPS) is 14.3. The van der Waals surface area contributed by atoms with E-state index < -0.39 is 24.5 Å². The fraction of sp³-hybridized carbons (Fsp3) is 0.300. The van der Waals surface area contributed by atoms with E-state index in [2.05, 4.69) is 26.4 Å². The number of amidine groups is 1. The number of nitrogens with one attached hydrogen (secondary N) is 1. The van der Waals surface area contributed by atoms with E-state index in [9.17, 15) is 13.2 Å². The van der Waals surface area contributed by atoms with Gasteiger partial charge in [0, 0.05) is 16.7 Å². The van der Waals surface area contributed by atoms with Crippen LogP contribution >= 0.6 is 27.5 Å². The predicted molar refractivity (Wildman–Crippen MR) is 70.6 cm³/mol. The number of alkyl halides is 3. The van der Waals surface area contributed by atoms with Crippen molar-refractivity contribution < 1.29 is 18.4 Å². The fourth-order valence-electron chi connectivity index (χ4n) is 1.28. The van der Waals surface area contributed by atoms with Crippen LogP contribution in [0.1, 0.15) is 0 Å². The van der Waals surface area contributed by atoms with Gasteiger partial charge in [0.1, 0.15) is 5.92 Å². The summed E-state index contributed by atoms with van der Waals surface area (Å²) in [5.74, 6) is -2.98. The van der Waals surface area contributed by atoms with Crippen molar-refractivity contribution >= 4 is 39.1 Å². The lowest BCUT2D eigenvalue weighted by atomic mass is 10.1. The molecule has 0 spiro atoms. The molecule has 0 bridgehead atoms. The topological polar surface area (TPSA) is 70.6 Å². The van der Waals surface area contributed by atoms with E-state index in [4.69, 9.17) is 22.5 Å². The van der Waals surface area contributed by atoms with Gasteiger partial charge < -0.3 is 16.3 Å². The number of rotatable bonds is 4. The Balaban J connectivity index is 2.79. The Hall–Kier alpha value is -1.15. The second kappa shape index (κ2) is 6.33. The van der Waals surface area contributed by atoms with Gasteiger partial charge in [-0.05, 0) is 34.1 Å². The van der Waals surface area contributed by atoms with E-state index in [1.54, 1.807) is 12.1 Å². The minimum Gasteiger partial charge on any atom is -0.409 e. The van der Waals surface area contributed by atoms with E-state index >= 15 is 0 Å². The molecule has 0 aromatic heterocycles. The first-order valence-electron chi connectivity index (χ1n) is 4.98. The van der Waals surface area contributed by atoms with Gasteiger partial charge in [-0.1, -0.05) is 16.8 Å². The highest BCUT2D eigenvalue weighted by atomic mass is 79.9. The van der Waals surface area contributed by atoms with Crippen LogP contribution in [-0.4, -0.2) is 23.8 Å². The molecule has 106 valence electrons. The maximum Gasteiger partial charge on any atom is 0.400 e. The molecule has 9 heteroatoms. The molecule has 0 radical (unpaired) electrons. The van der Waals surface area contributed by atoms with Gasteiger partial charge in [-0.3, -0.25) is 0 Å². The molecule has 1 atom stereocenters. The van der Waals surface area contributed by atoms with Gasteiger partial charge in [-0.15, -0.1) is 0 Å². The van der Waals surface area contributed by atoms with Gasteiger partial charge in [0.2, 0.25) is 0 Å². The number of nitrogens with zero attached hydrogens (tertiary/aromatic N) is 1. The second-order valence-corrected chi connectivity index (χ2v) is 4.89. The first kappa shape index (κ1) is 15.9. The van der Waals surface area contributed by atoms with Crippen LogP contribution in [0.25, 0.3) is 0 Å². The van der Waals surface area contributed by atoms with Gasteiger partial charge in [-0.2, -0.15) is 13.2 Å². The van der Waals surface area contributed by atoms with E-state index in [1.807, 2.05) is 0 Å². The fourth-order valence-corrected chi connectivity index (χ4v) is 1.71. The van der Waals surface area contributed by atoms with Crippen LogP contribution < -0.4 is 11.1 Å². The summed E-state index contributed by atoms with van der Waals surface area (Å²) in [7, 11) is 0. The molecule has 4 nitrogen and oxygen atoms in total. The Morgan fingerprint density at radius 1 is 1.53 bits per heavy atom. The van der Waals surface area contributed by atoms with Crippen LogP contribution in [0.15, 0.2) is 27.8 Å². The molecule has 4 N–H and O–H groups in total. The van der Waals surface area contributed by atoms with Gasteiger partial charge in [-0.25, -0.2) is 0 Å². The van der Waals surface area contributed by atoms with Crippen molar-refractivity contribution in [3.05, 3.63) is 27.7 Å². The first-order chi connectivity index (χ1) is 8.75. The molecule has 1 aromatic rings. The summed E-state index contributed by atoms with van der Waals surface area (Å²) in [6.07, 6.45) is -4.61. The molecule has 1 aromatic carbocycles. The number of anilines is 1. The summed E-state index contributed by atoms with van der Waals surface area (Å²) in [6, 6.07) is 4.61. The molecule has 0 aliphatic carbocycles. The second-order valence-electron chi connectivity index (χ2n) is 3.63. The van der Waals surface area contributed by atoms with Crippen LogP contribution in [0, 0.1) is 5.92 Å². The summed E-state index contributed by atoms with van der Waals surface area (Å²) < 4.78 is 38.6. The lowest BCUT2D eigenvalue weighted by Crippen LogP contribution is -2.40. The van der Waals surface area contributed by atoms with E-state index in [1.165, 1.54) is 6.07 Å². The summed E-state index contributed by atoms with van der Waals surface area (Å²) in [5.41, 5.74) is 5.42. The lowest BCUT2D eigenvalue weighted by Gasteiger charge is -2.20. The highest BCUT2D eigenvalue weighted by Crippen LogP contribution is 2.28. The molecule has 0 aliphatic heterocycles. The van der Waals surface area contributed by atoms with E-state index in [-0.39, 0.29) is 0 Å². The Labute approximate surface area is 120 Å². The maximum absolute atomic E-state index is 12.7. The highest BCUT2D eigenvalue weighted by Gasteiger charge is 2.42. The predicted octanol–water partition coefficient (Wildman–Crippen LogP) is 3.44. The average Bonchev–Trinajstić information content (AvgIpc) is 2.31. The summed E-state index contributed by atoms with van der Waals surface area (Å²) in [5, 5.41) is 13.7. The molecular weight excluding hydrogens is 350 g/mol. The van der Waals surface area contributed by atoms with Crippen LogP contribution in [0.4, 0.5) is 18.9 Å². The number of halogens is 5. The number of hydrogen-bond donors (Lipinski definition) is 3. The first-order valence-corrected chi connectivity index (χ1v) is 6.16. The number of nitrogens with two attached hydrogens (primary N) is 1. The van der Waals surface area contributed by atoms with Crippen molar-refractivity contribution in [1.29, 1.82) is 0 Å². The monoisotopic (exact) mass is 359 g/mol. The zero-order chi connectivity index (χ0) is 14.6. The minimum atomic E-state index is -4.61. The van der Waals surface area contributed by atoms with E-state index in [0.717, 1.165) is 0 Å². The summed E-state index contributed by atoms with van der Waals surface area (Å²) in [6.45, 7) is -0.558. The molecule has 19 heavy (non-hydrogen) atoms. The number of oxime groups is 1. The smallest absolute Gasteiger partial charge is 0.400 e. The largest absolute Gasteiger partial charge is 0.409 e. The summed E-state index contributed by atoms with van der Waals surface area (Å²) in [4.78, 5) is 0. The molecule has 1 rings (SSSR count). The lowest BCUT2D eigenvalue weighted by molar-refractivity contribution is -0.152. The van der Waals surface area contributed by atoms with Crippen LogP contribution in [0.3, 0.4) is 0 Å². The maximum atomic E-state index is 12.7. The SMILES string of the molecule is N/C(=N/O)C(CNc1ccc(Br)c(Cl)c1)C(F)(F)F. The third kappa shape index (κ3) is 4.46. The van der Waals surface area contributed by atoms with Crippen molar-refractivity contribution in [2.24, 2.45) is 16.8 Å². The molecule has 0 heterocycles. The average molecular weight is 361 g/mol. The molecule has 0 saturated carbocycles. The third-order valence-corrected chi connectivity index (χ3v) is 3.53. The van der Waals surface area contributed by atoms with E-state index in [0.29, 0.717) is 15.2 Å². The molecule has 1 unspecified atom stereocenters. The van der Waals surface area contributed by atoms with Crippen molar-refractivity contribution in [2.75, 3.05) is 11.9 Å². The third-order valence-electron chi connectivity index (χ3n) is 2.30.